The maximum Gasteiger partial charge on any atom is 0.166 e. The standard InChI is InChI=1S/C6H6N2OS/c7-3-5(4-8)6(9)1-2-10/h9-10H,1-2H2. The number of hydrogen-bond donors (Lipinski definition) is 2. The second-order valence-corrected chi connectivity index (χ2v) is 1.97. The SMILES string of the molecule is N#CC(C#N)=C(O)CCS. The zero-order valence-corrected chi connectivity index (χ0v) is 6.10. The van der Waals surface area contributed by atoms with E-state index in [1.165, 1.54) is 0 Å². The fraction of sp³-hybridized carbons (Fsp3) is 0.333. The van der Waals surface area contributed by atoms with Gasteiger partial charge in [-0.25, -0.2) is 0 Å². The van der Waals surface area contributed by atoms with E-state index in [-0.39, 0.29) is 17.8 Å². The molecule has 0 aliphatic carbocycles. The Morgan fingerprint density at radius 1 is 1.40 bits per heavy atom. The largest absolute Gasteiger partial charge is 0.510 e. The van der Waals surface area contributed by atoms with Gasteiger partial charge >= 0.3 is 0 Å². The average molecular weight is 154 g/mol. The molecule has 0 aromatic carbocycles. The summed E-state index contributed by atoms with van der Waals surface area (Å²) >= 11 is 3.82. The van der Waals surface area contributed by atoms with Crippen molar-refractivity contribution in [1.82, 2.24) is 0 Å². The number of nitrogens with zero attached hydrogens (tertiary/aromatic N) is 2. The zero-order valence-electron chi connectivity index (χ0n) is 5.20. The Bertz CT molecular complexity index is 205. The van der Waals surface area contributed by atoms with E-state index in [9.17, 15) is 0 Å². The molecule has 3 nitrogen and oxygen atoms in total. The molecule has 0 saturated carbocycles. The molecule has 0 heterocycles. The van der Waals surface area contributed by atoms with Crippen molar-refractivity contribution < 1.29 is 5.11 Å². The molecule has 0 aliphatic rings. The molecule has 0 aromatic heterocycles. The van der Waals surface area contributed by atoms with Crippen molar-refractivity contribution in [1.29, 1.82) is 10.5 Å². The van der Waals surface area contributed by atoms with Gasteiger partial charge in [0.25, 0.3) is 0 Å². The van der Waals surface area contributed by atoms with Crippen LogP contribution in [-0.4, -0.2) is 10.9 Å². The first-order chi connectivity index (χ1) is 4.76. The first kappa shape index (κ1) is 8.87. The average Bonchev–Trinajstić information content (AvgIpc) is 1.91. The van der Waals surface area contributed by atoms with E-state index in [2.05, 4.69) is 12.6 Å². The Labute approximate surface area is 64.6 Å². The van der Waals surface area contributed by atoms with Crippen LogP contribution in [0.4, 0.5) is 0 Å². The maximum absolute atomic E-state index is 8.89. The molecule has 0 rings (SSSR count). The minimum absolute atomic E-state index is 0.181. The minimum Gasteiger partial charge on any atom is -0.510 e. The van der Waals surface area contributed by atoms with E-state index in [1.807, 2.05) is 0 Å². The van der Waals surface area contributed by atoms with E-state index in [0.717, 1.165) is 0 Å². The highest BCUT2D eigenvalue weighted by Gasteiger charge is 2.01. The summed E-state index contributed by atoms with van der Waals surface area (Å²) in [4.78, 5) is 0. The topological polar surface area (TPSA) is 67.8 Å². The van der Waals surface area contributed by atoms with Crippen molar-refractivity contribution in [2.75, 3.05) is 5.75 Å². The molecule has 0 aliphatic heterocycles. The summed E-state index contributed by atoms with van der Waals surface area (Å²) in [6.07, 6.45) is 0.263. The van der Waals surface area contributed by atoms with Gasteiger partial charge in [0.05, 0.1) is 0 Å². The van der Waals surface area contributed by atoms with Crippen LogP contribution in [0, 0.1) is 22.7 Å². The highest BCUT2D eigenvalue weighted by atomic mass is 32.1. The lowest BCUT2D eigenvalue weighted by Gasteiger charge is -1.92. The molecule has 0 amide bonds. The van der Waals surface area contributed by atoms with E-state index in [0.29, 0.717) is 5.75 Å². The second-order valence-electron chi connectivity index (χ2n) is 1.52. The Balaban J connectivity index is 4.36. The van der Waals surface area contributed by atoms with Crippen LogP contribution < -0.4 is 0 Å². The van der Waals surface area contributed by atoms with E-state index in [1.54, 1.807) is 12.1 Å². The number of aliphatic hydroxyl groups is 1. The van der Waals surface area contributed by atoms with Crippen molar-refractivity contribution in [3.8, 4) is 12.1 Å². The lowest BCUT2D eigenvalue weighted by atomic mass is 10.2. The van der Waals surface area contributed by atoms with Crippen LogP contribution in [0.25, 0.3) is 0 Å². The first-order valence-electron chi connectivity index (χ1n) is 2.59. The summed E-state index contributed by atoms with van der Waals surface area (Å²) in [6.45, 7) is 0. The van der Waals surface area contributed by atoms with Gasteiger partial charge in [-0.3, -0.25) is 0 Å². The predicted molar refractivity (Wildman–Crippen MR) is 39.4 cm³/mol. The quantitative estimate of drug-likeness (QED) is 0.356. The summed E-state index contributed by atoms with van der Waals surface area (Å²) in [5.74, 6) is 0.249. The Morgan fingerprint density at radius 2 is 1.90 bits per heavy atom. The molecule has 0 saturated heterocycles. The molecule has 0 unspecified atom stereocenters. The van der Waals surface area contributed by atoms with Crippen molar-refractivity contribution in [2.45, 2.75) is 6.42 Å². The van der Waals surface area contributed by atoms with Gasteiger partial charge in [0.2, 0.25) is 0 Å². The summed E-state index contributed by atoms with van der Waals surface area (Å²) in [6, 6.07) is 3.14. The normalized spacial score (nSPS) is 7.50. The van der Waals surface area contributed by atoms with Crippen LogP contribution in [-0.2, 0) is 0 Å². The van der Waals surface area contributed by atoms with Crippen LogP contribution in [0.3, 0.4) is 0 Å². The van der Waals surface area contributed by atoms with Gasteiger partial charge < -0.3 is 5.11 Å². The highest BCUT2D eigenvalue weighted by molar-refractivity contribution is 7.80. The van der Waals surface area contributed by atoms with Gasteiger partial charge in [-0.1, -0.05) is 0 Å². The van der Waals surface area contributed by atoms with Crippen LogP contribution >= 0.6 is 12.6 Å². The minimum atomic E-state index is -0.228. The molecule has 0 atom stereocenters. The molecular formula is C6H6N2OS. The molecule has 52 valence electrons. The summed E-state index contributed by atoms with van der Waals surface area (Å²) in [7, 11) is 0. The molecule has 10 heavy (non-hydrogen) atoms. The molecular weight excluding hydrogens is 148 g/mol. The van der Waals surface area contributed by atoms with E-state index >= 15 is 0 Å². The summed E-state index contributed by atoms with van der Waals surface area (Å²) in [5, 5.41) is 25.3. The number of thiol groups is 1. The number of hydrogen-bond acceptors (Lipinski definition) is 4. The number of nitriles is 2. The van der Waals surface area contributed by atoms with Gasteiger partial charge in [0.15, 0.2) is 5.57 Å². The monoisotopic (exact) mass is 154 g/mol. The number of rotatable bonds is 2. The Hall–Kier alpha value is -1.13. The first-order valence-corrected chi connectivity index (χ1v) is 3.22. The molecule has 0 fully saturated rings. The number of allylic oxidation sites excluding steroid dienone is 2. The van der Waals surface area contributed by atoms with Crippen molar-refractivity contribution >= 4 is 12.6 Å². The molecule has 0 spiro atoms. The molecule has 4 heteroatoms. The van der Waals surface area contributed by atoms with Gasteiger partial charge in [0.1, 0.15) is 17.9 Å². The fourth-order valence-electron chi connectivity index (χ4n) is 0.385. The number of aliphatic hydroxyl groups excluding tert-OH is 1. The van der Waals surface area contributed by atoms with Crippen LogP contribution in [0.2, 0.25) is 0 Å². The third-order valence-corrected chi connectivity index (χ3v) is 1.08. The van der Waals surface area contributed by atoms with Crippen LogP contribution in [0.15, 0.2) is 11.3 Å². The van der Waals surface area contributed by atoms with Crippen molar-refractivity contribution in [3.05, 3.63) is 11.3 Å². The van der Waals surface area contributed by atoms with Gasteiger partial charge in [-0.05, 0) is 5.75 Å². The lowest BCUT2D eigenvalue weighted by Crippen LogP contribution is -1.87. The third-order valence-electron chi connectivity index (χ3n) is 0.861. The molecule has 0 radical (unpaired) electrons. The van der Waals surface area contributed by atoms with Gasteiger partial charge in [-0.2, -0.15) is 23.2 Å². The van der Waals surface area contributed by atoms with Crippen molar-refractivity contribution in [3.63, 3.8) is 0 Å². The van der Waals surface area contributed by atoms with Crippen LogP contribution in [0.5, 0.6) is 0 Å². The predicted octanol–water partition coefficient (Wildman–Crippen LogP) is 1.17. The van der Waals surface area contributed by atoms with E-state index in [4.69, 9.17) is 15.6 Å². The third kappa shape index (κ3) is 2.43. The van der Waals surface area contributed by atoms with Crippen LogP contribution in [0.1, 0.15) is 6.42 Å². The van der Waals surface area contributed by atoms with Gasteiger partial charge in [-0.15, -0.1) is 0 Å². The Kier molecular flexibility index (Phi) is 4.19. The van der Waals surface area contributed by atoms with E-state index < -0.39 is 0 Å². The second kappa shape index (κ2) is 4.72. The molecule has 1 N–H and O–H groups in total. The highest BCUT2D eigenvalue weighted by Crippen LogP contribution is 2.03. The Morgan fingerprint density at radius 3 is 2.20 bits per heavy atom. The molecule has 0 aromatic rings. The van der Waals surface area contributed by atoms with Gasteiger partial charge in [0, 0.05) is 6.42 Å². The van der Waals surface area contributed by atoms with Crippen molar-refractivity contribution in [2.24, 2.45) is 0 Å². The fourth-order valence-corrected chi connectivity index (χ4v) is 0.597. The molecule has 0 bridgehead atoms. The summed E-state index contributed by atoms with van der Waals surface area (Å²) < 4.78 is 0. The zero-order chi connectivity index (χ0) is 7.98. The maximum atomic E-state index is 8.89. The smallest absolute Gasteiger partial charge is 0.166 e. The summed E-state index contributed by atoms with van der Waals surface area (Å²) in [5.41, 5.74) is -0.228. The lowest BCUT2D eigenvalue weighted by molar-refractivity contribution is 0.393.